The Morgan fingerprint density at radius 3 is 3.00 bits per heavy atom. The SMILES string of the molecule is CC(C)Sc1nnc(NC(=O)[C@H]2CCCN(Cc3ccccc3Cl)C2)s1. The highest BCUT2D eigenvalue weighted by Crippen LogP contribution is 2.29. The molecule has 2 aromatic rings. The zero-order chi connectivity index (χ0) is 18.5. The molecule has 1 saturated heterocycles. The third-order valence-corrected chi connectivity index (χ3v) is 6.50. The Morgan fingerprint density at radius 2 is 2.23 bits per heavy atom. The van der Waals surface area contributed by atoms with E-state index in [0.29, 0.717) is 10.4 Å². The first kappa shape index (κ1) is 19.6. The van der Waals surface area contributed by atoms with Gasteiger partial charge in [-0.3, -0.25) is 9.69 Å². The molecule has 1 N–H and O–H groups in total. The number of nitrogens with one attached hydrogen (secondary N) is 1. The lowest BCUT2D eigenvalue weighted by Crippen LogP contribution is -2.40. The van der Waals surface area contributed by atoms with Gasteiger partial charge in [-0.25, -0.2) is 0 Å². The van der Waals surface area contributed by atoms with Gasteiger partial charge >= 0.3 is 0 Å². The Bertz CT molecular complexity index is 752. The number of nitrogens with zero attached hydrogens (tertiary/aromatic N) is 3. The second-order valence-corrected chi connectivity index (χ2v) is 9.90. The van der Waals surface area contributed by atoms with Gasteiger partial charge in [-0.2, -0.15) is 0 Å². The number of hydrogen-bond donors (Lipinski definition) is 1. The Hall–Kier alpha value is -1.15. The van der Waals surface area contributed by atoms with Crippen LogP contribution in [-0.4, -0.2) is 39.3 Å². The van der Waals surface area contributed by atoms with Crippen LogP contribution in [0.25, 0.3) is 0 Å². The average molecular weight is 411 g/mol. The predicted octanol–water partition coefficient (Wildman–Crippen LogP) is 4.54. The van der Waals surface area contributed by atoms with Crippen LogP contribution in [0.15, 0.2) is 28.6 Å². The minimum Gasteiger partial charge on any atom is -0.300 e. The molecular weight excluding hydrogens is 388 g/mol. The highest BCUT2D eigenvalue weighted by molar-refractivity contribution is 8.01. The summed E-state index contributed by atoms with van der Waals surface area (Å²) in [6.07, 6.45) is 1.91. The fraction of sp³-hybridized carbons (Fsp3) is 0.500. The molecule has 2 heterocycles. The van der Waals surface area contributed by atoms with E-state index in [1.54, 1.807) is 11.8 Å². The summed E-state index contributed by atoms with van der Waals surface area (Å²) in [5.41, 5.74) is 1.11. The van der Waals surface area contributed by atoms with Gasteiger partial charge in [-0.05, 0) is 31.0 Å². The van der Waals surface area contributed by atoms with Crippen molar-refractivity contribution in [2.45, 2.75) is 42.8 Å². The summed E-state index contributed by atoms with van der Waals surface area (Å²) in [6, 6.07) is 7.89. The van der Waals surface area contributed by atoms with Gasteiger partial charge in [0.25, 0.3) is 0 Å². The van der Waals surface area contributed by atoms with Crippen molar-refractivity contribution >= 4 is 45.7 Å². The number of carbonyl (C=O) groups excluding carboxylic acids is 1. The lowest BCUT2D eigenvalue weighted by molar-refractivity contribution is -0.121. The minimum atomic E-state index is -0.0312. The van der Waals surface area contributed by atoms with Crippen molar-refractivity contribution in [3.8, 4) is 0 Å². The predicted molar refractivity (Wildman–Crippen MR) is 109 cm³/mol. The molecule has 26 heavy (non-hydrogen) atoms. The molecule has 140 valence electrons. The number of rotatable bonds is 6. The molecule has 0 unspecified atom stereocenters. The van der Waals surface area contributed by atoms with E-state index < -0.39 is 0 Å². The van der Waals surface area contributed by atoms with E-state index in [-0.39, 0.29) is 11.8 Å². The summed E-state index contributed by atoms with van der Waals surface area (Å²) in [6.45, 7) is 6.73. The van der Waals surface area contributed by atoms with Gasteiger partial charge in [0.2, 0.25) is 11.0 Å². The average Bonchev–Trinajstić information content (AvgIpc) is 3.03. The second-order valence-electron chi connectivity index (χ2n) is 6.69. The zero-order valence-corrected chi connectivity index (χ0v) is 17.3. The van der Waals surface area contributed by atoms with E-state index in [9.17, 15) is 4.79 Å². The molecule has 1 aromatic carbocycles. The number of hydrogen-bond acceptors (Lipinski definition) is 6. The fourth-order valence-corrected chi connectivity index (χ4v) is 5.17. The number of carbonyl (C=O) groups is 1. The van der Waals surface area contributed by atoms with Crippen LogP contribution in [-0.2, 0) is 11.3 Å². The normalized spacial score (nSPS) is 18.2. The van der Waals surface area contributed by atoms with Crippen LogP contribution < -0.4 is 5.32 Å². The molecule has 1 atom stereocenters. The van der Waals surface area contributed by atoms with E-state index in [0.717, 1.165) is 47.4 Å². The van der Waals surface area contributed by atoms with Gasteiger partial charge in [0, 0.05) is 23.4 Å². The van der Waals surface area contributed by atoms with Crippen molar-refractivity contribution < 1.29 is 4.79 Å². The number of aromatic nitrogens is 2. The van der Waals surface area contributed by atoms with E-state index in [1.807, 2.05) is 24.3 Å². The van der Waals surface area contributed by atoms with E-state index in [2.05, 4.69) is 34.3 Å². The van der Waals surface area contributed by atoms with Crippen molar-refractivity contribution in [3.63, 3.8) is 0 Å². The quantitative estimate of drug-likeness (QED) is 0.559. The summed E-state index contributed by atoms with van der Waals surface area (Å²) >= 11 is 9.36. The van der Waals surface area contributed by atoms with Crippen molar-refractivity contribution in [2.75, 3.05) is 18.4 Å². The highest BCUT2D eigenvalue weighted by Gasteiger charge is 2.27. The molecule has 0 bridgehead atoms. The van der Waals surface area contributed by atoms with Gasteiger partial charge in [0.05, 0.1) is 5.92 Å². The van der Waals surface area contributed by atoms with Gasteiger partial charge in [0.1, 0.15) is 0 Å². The second kappa shape index (κ2) is 9.17. The third-order valence-electron chi connectivity index (χ3n) is 4.20. The molecule has 1 aromatic heterocycles. The van der Waals surface area contributed by atoms with Crippen molar-refractivity contribution in [1.82, 2.24) is 15.1 Å². The first-order valence-electron chi connectivity index (χ1n) is 8.78. The Balaban J connectivity index is 1.56. The molecule has 1 amide bonds. The minimum absolute atomic E-state index is 0.0312. The zero-order valence-electron chi connectivity index (χ0n) is 14.9. The fourth-order valence-electron chi connectivity index (χ4n) is 3.00. The van der Waals surface area contributed by atoms with Gasteiger partial charge in [0.15, 0.2) is 4.34 Å². The van der Waals surface area contributed by atoms with E-state index in [1.165, 1.54) is 11.3 Å². The number of likely N-dealkylation sites (tertiary alicyclic amines) is 1. The van der Waals surface area contributed by atoms with Crippen LogP contribution in [0.1, 0.15) is 32.3 Å². The largest absolute Gasteiger partial charge is 0.300 e. The lowest BCUT2D eigenvalue weighted by atomic mass is 9.97. The Morgan fingerprint density at radius 1 is 1.42 bits per heavy atom. The number of anilines is 1. The van der Waals surface area contributed by atoms with Gasteiger partial charge in [-0.1, -0.05) is 66.7 Å². The first-order chi connectivity index (χ1) is 12.5. The van der Waals surface area contributed by atoms with Crippen LogP contribution in [0, 0.1) is 5.92 Å². The van der Waals surface area contributed by atoms with Crippen LogP contribution in [0.4, 0.5) is 5.13 Å². The smallest absolute Gasteiger partial charge is 0.230 e. The molecule has 0 saturated carbocycles. The molecule has 3 rings (SSSR count). The summed E-state index contributed by atoms with van der Waals surface area (Å²) < 4.78 is 0.888. The number of amides is 1. The van der Waals surface area contributed by atoms with Crippen LogP contribution in [0.5, 0.6) is 0 Å². The number of halogens is 1. The standard InChI is InChI=1S/C18H23ClN4OS2/c1-12(2)25-18-22-21-17(26-18)20-16(24)14-7-5-9-23(11-14)10-13-6-3-4-8-15(13)19/h3-4,6,8,12,14H,5,7,9-11H2,1-2H3,(H,20,21,24)/t14-/m0/s1. The Kier molecular flexibility index (Phi) is 6.92. The third kappa shape index (κ3) is 5.42. The number of thioether (sulfide) groups is 1. The first-order valence-corrected chi connectivity index (χ1v) is 10.9. The molecule has 1 fully saturated rings. The summed E-state index contributed by atoms with van der Waals surface area (Å²) in [5, 5.41) is 13.0. The number of benzene rings is 1. The van der Waals surface area contributed by atoms with Crippen LogP contribution in [0.3, 0.4) is 0 Å². The number of piperidine rings is 1. The summed E-state index contributed by atoms with van der Waals surface area (Å²) in [4.78, 5) is 14.9. The van der Waals surface area contributed by atoms with Crippen LogP contribution >= 0.6 is 34.7 Å². The van der Waals surface area contributed by atoms with Gasteiger partial charge in [-0.15, -0.1) is 10.2 Å². The monoisotopic (exact) mass is 410 g/mol. The molecular formula is C18H23ClN4OS2. The highest BCUT2D eigenvalue weighted by atomic mass is 35.5. The molecule has 1 aliphatic heterocycles. The summed E-state index contributed by atoms with van der Waals surface area (Å²) in [5.74, 6) is 0.00226. The molecule has 1 aliphatic rings. The summed E-state index contributed by atoms with van der Waals surface area (Å²) in [7, 11) is 0. The molecule has 0 aliphatic carbocycles. The molecule has 0 radical (unpaired) electrons. The van der Waals surface area contributed by atoms with Crippen LogP contribution in [0.2, 0.25) is 5.02 Å². The lowest BCUT2D eigenvalue weighted by Gasteiger charge is -2.32. The maximum absolute atomic E-state index is 12.6. The van der Waals surface area contributed by atoms with E-state index >= 15 is 0 Å². The van der Waals surface area contributed by atoms with Crippen molar-refractivity contribution in [1.29, 1.82) is 0 Å². The maximum Gasteiger partial charge on any atom is 0.230 e. The van der Waals surface area contributed by atoms with E-state index in [4.69, 9.17) is 11.6 Å². The van der Waals surface area contributed by atoms with Crippen molar-refractivity contribution in [2.24, 2.45) is 5.92 Å². The van der Waals surface area contributed by atoms with Gasteiger partial charge < -0.3 is 5.32 Å². The molecule has 5 nitrogen and oxygen atoms in total. The molecule has 8 heteroatoms. The van der Waals surface area contributed by atoms with Crippen molar-refractivity contribution in [3.05, 3.63) is 34.9 Å². The topological polar surface area (TPSA) is 58.1 Å². The molecule has 0 spiro atoms. The Labute approximate surface area is 167 Å². The maximum atomic E-state index is 12.6.